The molecule has 1 aromatic carbocycles. The normalized spacial score (nSPS) is 22.5. The maximum atomic E-state index is 13.2. The predicted octanol–water partition coefficient (Wildman–Crippen LogP) is 4.58. The van der Waals surface area contributed by atoms with Gasteiger partial charge in [-0.3, -0.25) is 4.99 Å². The van der Waals surface area contributed by atoms with E-state index in [-0.39, 0.29) is 0 Å². The fourth-order valence-corrected chi connectivity index (χ4v) is 3.92. The minimum absolute atomic E-state index is 0.297. The van der Waals surface area contributed by atoms with Crippen LogP contribution in [0.5, 0.6) is 0 Å². The SMILES string of the molecule is C=C(Cc1cccc(CC(C)F)c1)N=C(N)SC(N)=NC1CCC(C)CC1. The molecule has 0 radical (unpaired) electrons. The van der Waals surface area contributed by atoms with E-state index in [0.717, 1.165) is 29.9 Å². The maximum absolute atomic E-state index is 13.2. The monoisotopic (exact) mass is 390 g/mol. The third kappa shape index (κ3) is 8.16. The van der Waals surface area contributed by atoms with Crippen LogP contribution < -0.4 is 11.5 Å². The van der Waals surface area contributed by atoms with Gasteiger partial charge in [0.25, 0.3) is 0 Å². The van der Waals surface area contributed by atoms with Crippen molar-refractivity contribution in [1.29, 1.82) is 0 Å². The van der Waals surface area contributed by atoms with Gasteiger partial charge in [0.1, 0.15) is 6.17 Å². The summed E-state index contributed by atoms with van der Waals surface area (Å²) in [6.07, 6.45) is 4.68. The van der Waals surface area contributed by atoms with Crippen molar-refractivity contribution in [3.8, 4) is 0 Å². The Morgan fingerprint density at radius 3 is 2.56 bits per heavy atom. The van der Waals surface area contributed by atoms with Crippen LogP contribution in [0, 0.1) is 5.92 Å². The van der Waals surface area contributed by atoms with Gasteiger partial charge in [0, 0.05) is 18.5 Å². The van der Waals surface area contributed by atoms with Crippen molar-refractivity contribution in [1.82, 2.24) is 0 Å². The highest BCUT2D eigenvalue weighted by Gasteiger charge is 2.17. The van der Waals surface area contributed by atoms with E-state index < -0.39 is 6.17 Å². The van der Waals surface area contributed by atoms with Crippen LogP contribution in [0.3, 0.4) is 0 Å². The van der Waals surface area contributed by atoms with Gasteiger partial charge < -0.3 is 11.5 Å². The van der Waals surface area contributed by atoms with Crippen LogP contribution in [-0.4, -0.2) is 22.5 Å². The molecule has 0 saturated heterocycles. The highest BCUT2D eigenvalue weighted by molar-refractivity contribution is 8.26. The lowest BCUT2D eigenvalue weighted by Crippen LogP contribution is -2.21. The number of halogens is 1. The number of thioether (sulfide) groups is 1. The molecular weight excluding hydrogens is 359 g/mol. The van der Waals surface area contributed by atoms with Crippen molar-refractivity contribution >= 4 is 22.1 Å². The Kier molecular flexibility index (Phi) is 8.35. The van der Waals surface area contributed by atoms with E-state index in [9.17, 15) is 4.39 Å². The second-order valence-electron chi connectivity index (χ2n) is 7.48. The fourth-order valence-electron chi connectivity index (χ4n) is 3.33. The van der Waals surface area contributed by atoms with E-state index in [0.29, 0.717) is 34.9 Å². The minimum Gasteiger partial charge on any atom is -0.378 e. The molecule has 0 aromatic heterocycles. The highest BCUT2D eigenvalue weighted by Crippen LogP contribution is 2.26. The number of nitrogens with zero attached hydrogens (tertiary/aromatic N) is 2. The quantitative estimate of drug-likeness (QED) is 0.551. The smallest absolute Gasteiger partial charge is 0.166 e. The van der Waals surface area contributed by atoms with Crippen molar-refractivity contribution in [2.45, 2.75) is 64.6 Å². The molecule has 1 unspecified atom stereocenters. The van der Waals surface area contributed by atoms with Crippen LogP contribution in [0.25, 0.3) is 0 Å². The first kappa shape index (κ1) is 21.5. The number of allylic oxidation sites excluding steroid dienone is 1. The first-order valence-electron chi connectivity index (χ1n) is 9.56. The summed E-state index contributed by atoms with van der Waals surface area (Å²) in [6.45, 7) is 7.82. The third-order valence-electron chi connectivity index (χ3n) is 4.69. The van der Waals surface area contributed by atoms with Gasteiger partial charge in [-0.15, -0.1) is 0 Å². The molecule has 1 fully saturated rings. The summed E-state index contributed by atoms with van der Waals surface area (Å²) in [4.78, 5) is 8.91. The Bertz CT molecular complexity index is 691. The van der Waals surface area contributed by atoms with Crippen LogP contribution >= 0.6 is 11.8 Å². The molecule has 27 heavy (non-hydrogen) atoms. The number of nitrogens with two attached hydrogens (primary N) is 2. The van der Waals surface area contributed by atoms with Gasteiger partial charge in [0.2, 0.25) is 0 Å². The van der Waals surface area contributed by atoms with Gasteiger partial charge in [-0.25, -0.2) is 9.38 Å². The van der Waals surface area contributed by atoms with Gasteiger partial charge >= 0.3 is 0 Å². The number of benzene rings is 1. The van der Waals surface area contributed by atoms with Crippen LogP contribution in [-0.2, 0) is 12.8 Å². The zero-order chi connectivity index (χ0) is 19.8. The van der Waals surface area contributed by atoms with E-state index in [1.54, 1.807) is 6.92 Å². The third-order valence-corrected chi connectivity index (χ3v) is 5.30. The molecule has 0 heterocycles. The molecule has 1 saturated carbocycles. The summed E-state index contributed by atoms with van der Waals surface area (Å²) in [5.74, 6) is 0.784. The Morgan fingerprint density at radius 2 is 1.89 bits per heavy atom. The second-order valence-corrected chi connectivity index (χ2v) is 8.52. The average molecular weight is 391 g/mol. The zero-order valence-corrected chi connectivity index (χ0v) is 17.1. The van der Waals surface area contributed by atoms with E-state index in [1.165, 1.54) is 24.6 Å². The summed E-state index contributed by atoms with van der Waals surface area (Å²) in [5.41, 5.74) is 14.7. The van der Waals surface area contributed by atoms with E-state index in [1.807, 2.05) is 24.3 Å². The highest BCUT2D eigenvalue weighted by atomic mass is 32.2. The summed E-state index contributed by atoms with van der Waals surface area (Å²) >= 11 is 1.19. The standard InChI is InChI=1S/C21H31FN4S/c1-14-7-9-19(10-8-14)26-21(24)27-20(23)25-16(3)12-18-6-4-5-17(13-18)11-15(2)22/h4-6,13-15,19H,3,7-12H2,1-2H3,(H2,23,25)(H2,24,26). The van der Waals surface area contributed by atoms with Crippen LogP contribution in [0.15, 0.2) is 46.5 Å². The van der Waals surface area contributed by atoms with Gasteiger partial charge in [-0.1, -0.05) is 37.8 Å². The Labute approximate surface area is 166 Å². The molecule has 0 aliphatic heterocycles. The second kappa shape index (κ2) is 10.5. The van der Waals surface area contributed by atoms with Crippen molar-refractivity contribution < 1.29 is 4.39 Å². The maximum Gasteiger partial charge on any atom is 0.166 e. The van der Waals surface area contributed by atoms with E-state index in [4.69, 9.17) is 11.5 Å². The molecule has 4 nitrogen and oxygen atoms in total. The molecule has 1 aliphatic carbocycles. The van der Waals surface area contributed by atoms with Crippen LogP contribution in [0.2, 0.25) is 0 Å². The number of alkyl halides is 1. The first-order valence-corrected chi connectivity index (χ1v) is 10.4. The van der Waals surface area contributed by atoms with Gasteiger partial charge in [0.15, 0.2) is 10.3 Å². The Hall–Kier alpha value is -1.82. The Morgan fingerprint density at radius 1 is 1.22 bits per heavy atom. The molecule has 6 heteroatoms. The molecule has 1 aromatic rings. The molecule has 0 spiro atoms. The lowest BCUT2D eigenvalue weighted by atomic mass is 9.88. The van der Waals surface area contributed by atoms with Gasteiger partial charge in [-0.2, -0.15) is 0 Å². The van der Waals surface area contributed by atoms with Gasteiger partial charge in [-0.05, 0) is 61.4 Å². The predicted molar refractivity (Wildman–Crippen MR) is 116 cm³/mol. The fraction of sp³-hybridized carbons (Fsp3) is 0.524. The lowest BCUT2D eigenvalue weighted by Gasteiger charge is -2.23. The zero-order valence-electron chi connectivity index (χ0n) is 16.3. The summed E-state index contributed by atoms with van der Waals surface area (Å²) in [6, 6.07) is 8.12. The number of amidine groups is 2. The van der Waals surface area contributed by atoms with Crippen molar-refractivity contribution in [2.75, 3.05) is 0 Å². The number of hydrogen-bond acceptors (Lipinski definition) is 3. The Balaban J connectivity index is 1.88. The molecule has 0 amide bonds. The summed E-state index contributed by atoms with van der Waals surface area (Å²) in [7, 11) is 0. The molecule has 1 atom stereocenters. The molecule has 2 rings (SSSR count). The molecular formula is C21H31FN4S. The van der Waals surface area contributed by atoms with E-state index in [2.05, 4.69) is 23.5 Å². The molecule has 0 bridgehead atoms. The average Bonchev–Trinajstić information content (AvgIpc) is 2.56. The minimum atomic E-state index is -0.858. The molecule has 1 aliphatic rings. The van der Waals surface area contributed by atoms with E-state index >= 15 is 0 Å². The van der Waals surface area contributed by atoms with Crippen LogP contribution in [0.4, 0.5) is 4.39 Å². The van der Waals surface area contributed by atoms with Crippen molar-refractivity contribution in [3.63, 3.8) is 0 Å². The van der Waals surface area contributed by atoms with Crippen LogP contribution in [0.1, 0.15) is 50.7 Å². The number of rotatable bonds is 6. The number of aliphatic imine (C=N–C) groups is 2. The first-order chi connectivity index (χ1) is 12.8. The van der Waals surface area contributed by atoms with Crippen molar-refractivity contribution in [3.05, 3.63) is 47.7 Å². The summed E-state index contributed by atoms with van der Waals surface area (Å²) in [5, 5.41) is 0.807. The summed E-state index contributed by atoms with van der Waals surface area (Å²) < 4.78 is 13.2. The van der Waals surface area contributed by atoms with Gasteiger partial charge in [0.05, 0.1) is 6.04 Å². The molecule has 148 valence electrons. The molecule has 4 N–H and O–H groups in total. The lowest BCUT2D eigenvalue weighted by molar-refractivity contribution is 0.349. The van der Waals surface area contributed by atoms with Crippen molar-refractivity contribution in [2.24, 2.45) is 27.4 Å². The largest absolute Gasteiger partial charge is 0.378 e. The number of hydrogen-bond donors (Lipinski definition) is 2. The topological polar surface area (TPSA) is 76.8 Å².